The van der Waals surface area contributed by atoms with E-state index in [2.05, 4.69) is 14.7 Å². The van der Waals surface area contributed by atoms with E-state index in [9.17, 15) is 27.8 Å². The number of benzene rings is 1. The van der Waals surface area contributed by atoms with E-state index >= 15 is 0 Å². The molecule has 2 rings (SSSR count). The third kappa shape index (κ3) is 7.66. The zero-order valence-electron chi connectivity index (χ0n) is 17.9. The first-order valence-corrected chi connectivity index (χ1v) is 11.7. The minimum Gasteiger partial charge on any atom is -0.481 e. The van der Waals surface area contributed by atoms with Crippen LogP contribution < -0.4 is 4.72 Å². The van der Waals surface area contributed by atoms with Gasteiger partial charge in [0.05, 0.1) is 36.3 Å². The van der Waals surface area contributed by atoms with Gasteiger partial charge < -0.3 is 15.3 Å². The van der Waals surface area contributed by atoms with Crippen molar-refractivity contribution in [1.82, 2.24) is 9.97 Å². The fourth-order valence-corrected chi connectivity index (χ4v) is 3.40. The highest BCUT2D eigenvalue weighted by molar-refractivity contribution is 7.91. The molecule has 174 valence electrons. The average Bonchev–Trinajstić information content (AvgIpc) is 2.64. The van der Waals surface area contributed by atoms with Crippen molar-refractivity contribution in [2.24, 2.45) is 0 Å². The van der Waals surface area contributed by atoms with Gasteiger partial charge in [0.15, 0.2) is 0 Å². The number of nitrogens with one attached hydrogen (secondary N) is 1. The molecule has 1 heterocycles. The van der Waals surface area contributed by atoms with E-state index in [1.807, 2.05) is 13.8 Å². The summed E-state index contributed by atoms with van der Waals surface area (Å²) >= 11 is 0. The predicted octanol–water partition coefficient (Wildman–Crippen LogP) is 2.38. The number of halogens is 1. The molecule has 0 spiro atoms. The number of carboxylic acid groups (broad SMARTS) is 1. The van der Waals surface area contributed by atoms with E-state index < -0.39 is 40.4 Å². The summed E-state index contributed by atoms with van der Waals surface area (Å²) in [4.78, 5) is 19.3. The van der Waals surface area contributed by atoms with Gasteiger partial charge in [-0.3, -0.25) is 9.52 Å². The Bertz CT molecular complexity index is 1090. The van der Waals surface area contributed by atoms with Crippen LogP contribution in [0.3, 0.4) is 0 Å². The molecular formula is C21H26FN3O6S. The second-order valence-corrected chi connectivity index (χ2v) is 9.39. The van der Waals surface area contributed by atoms with Crippen LogP contribution in [0, 0.1) is 5.82 Å². The largest absolute Gasteiger partial charge is 0.481 e. The second-order valence-electron chi connectivity index (χ2n) is 7.64. The predicted molar refractivity (Wildman–Crippen MR) is 118 cm³/mol. The van der Waals surface area contributed by atoms with Crippen LogP contribution in [-0.4, -0.2) is 58.1 Å². The molecule has 1 aromatic carbocycles. The molecule has 2 unspecified atom stereocenters. The number of anilines is 1. The Balaban J connectivity index is 2.55. The van der Waals surface area contributed by atoms with Gasteiger partial charge in [0.25, 0.3) is 0 Å². The summed E-state index contributed by atoms with van der Waals surface area (Å²) in [5, 5.41) is 28.7. The fraction of sp³-hybridized carbons (Fsp3) is 0.381. The number of nitrogens with zero attached hydrogens (tertiary/aromatic N) is 2. The average molecular weight is 468 g/mol. The van der Waals surface area contributed by atoms with E-state index in [1.54, 1.807) is 0 Å². The van der Waals surface area contributed by atoms with Gasteiger partial charge in [-0.1, -0.05) is 26.0 Å². The van der Waals surface area contributed by atoms with Gasteiger partial charge in [-0.2, -0.15) is 0 Å². The van der Waals surface area contributed by atoms with Gasteiger partial charge in [-0.15, -0.1) is 0 Å². The number of aliphatic hydroxyl groups is 2. The van der Waals surface area contributed by atoms with Crippen molar-refractivity contribution < 1.29 is 32.9 Å². The number of hydrogen-bond acceptors (Lipinski definition) is 7. The van der Waals surface area contributed by atoms with Crippen LogP contribution in [0.25, 0.3) is 17.3 Å². The van der Waals surface area contributed by atoms with E-state index in [0.29, 0.717) is 22.5 Å². The zero-order chi connectivity index (χ0) is 24.1. The van der Waals surface area contributed by atoms with Crippen molar-refractivity contribution >= 4 is 28.0 Å². The first-order valence-electron chi connectivity index (χ1n) is 9.77. The lowest BCUT2D eigenvalue weighted by Gasteiger charge is -2.17. The van der Waals surface area contributed by atoms with Gasteiger partial charge in [0.1, 0.15) is 5.82 Å². The molecule has 0 aliphatic rings. The summed E-state index contributed by atoms with van der Waals surface area (Å²) < 4.78 is 39.1. The summed E-state index contributed by atoms with van der Waals surface area (Å²) in [6.45, 7) is 3.68. The number of aromatic nitrogens is 2. The third-order valence-corrected chi connectivity index (χ3v) is 4.88. The highest BCUT2D eigenvalue weighted by atomic mass is 32.2. The molecule has 0 saturated heterocycles. The van der Waals surface area contributed by atoms with Gasteiger partial charge in [-0.05, 0) is 30.2 Å². The Labute approximate surface area is 185 Å². The molecule has 4 N–H and O–H groups in total. The zero-order valence-corrected chi connectivity index (χ0v) is 18.7. The number of sulfonamides is 1. The summed E-state index contributed by atoms with van der Waals surface area (Å²) in [7, 11) is -3.66. The number of aliphatic hydroxyl groups excluding tert-OH is 2. The quantitative estimate of drug-likeness (QED) is 0.416. The Morgan fingerprint density at radius 1 is 1.19 bits per heavy atom. The van der Waals surface area contributed by atoms with Gasteiger partial charge in [0, 0.05) is 17.5 Å². The second kappa shape index (κ2) is 10.6. The van der Waals surface area contributed by atoms with Gasteiger partial charge >= 0.3 is 5.97 Å². The topological polar surface area (TPSA) is 150 Å². The normalized spacial score (nSPS) is 14.0. The van der Waals surface area contributed by atoms with E-state index in [0.717, 1.165) is 6.26 Å². The Morgan fingerprint density at radius 2 is 1.81 bits per heavy atom. The number of hydrogen-bond donors (Lipinski definition) is 4. The Hall–Kier alpha value is -2.89. The molecule has 0 aliphatic heterocycles. The molecule has 0 fully saturated rings. The molecule has 9 nitrogen and oxygen atoms in total. The monoisotopic (exact) mass is 467 g/mol. The summed E-state index contributed by atoms with van der Waals surface area (Å²) in [5.41, 5.74) is 1.74. The maximum atomic E-state index is 13.4. The molecule has 2 atom stereocenters. The van der Waals surface area contributed by atoms with E-state index in [-0.39, 0.29) is 18.3 Å². The van der Waals surface area contributed by atoms with Crippen molar-refractivity contribution in [3.63, 3.8) is 0 Å². The summed E-state index contributed by atoms with van der Waals surface area (Å²) in [6, 6.07) is 5.44. The molecule has 0 radical (unpaired) electrons. The summed E-state index contributed by atoms with van der Waals surface area (Å²) in [5.74, 6) is -1.96. The lowest BCUT2D eigenvalue weighted by molar-refractivity contribution is -0.139. The van der Waals surface area contributed by atoms with Crippen molar-refractivity contribution in [1.29, 1.82) is 0 Å². The van der Waals surface area contributed by atoms with Crippen LogP contribution in [-0.2, 0) is 14.8 Å². The minimum atomic E-state index is -3.66. The van der Waals surface area contributed by atoms with E-state index in [1.165, 1.54) is 36.4 Å². The number of carbonyl (C=O) groups is 1. The smallest absolute Gasteiger partial charge is 0.305 e. The number of carboxylic acids is 1. The fourth-order valence-electron chi connectivity index (χ4n) is 2.98. The van der Waals surface area contributed by atoms with Gasteiger partial charge in [-0.25, -0.2) is 22.8 Å². The molecular weight excluding hydrogens is 441 g/mol. The van der Waals surface area contributed by atoms with Crippen molar-refractivity contribution in [3.8, 4) is 11.3 Å². The molecule has 11 heteroatoms. The molecule has 2 aromatic rings. The highest BCUT2D eigenvalue weighted by Gasteiger charge is 2.19. The first kappa shape index (κ1) is 25.4. The van der Waals surface area contributed by atoms with Crippen LogP contribution in [0.15, 0.2) is 30.3 Å². The van der Waals surface area contributed by atoms with Crippen LogP contribution in [0.4, 0.5) is 10.3 Å². The van der Waals surface area contributed by atoms with Crippen LogP contribution in [0.1, 0.15) is 43.9 Å². The maximum Gasteiger partial charge on any atom is 0.305 e. The molecule has 32 heavy (non-hydrogen) atoms. The maximum absolute atomic E-state index is 13.4. The number of aliphatic carboxylic acids is 1. The number of rotatable bonds is 10. The Morgan fingerprint density at radius 3 is 2.34 bits per heavy atom. The highest BCUT2D eigenvalue weighted by Crippen LogP contribution is 2.30. The standard InChI is InChI=1S/C21H26FN3O6S/c1-12(2)19-17(9-8-15(26)10-16(27)11-18(28)29)20(13-4-6-14(22)7-5-13)24-21(23-19)25-32(3,30)31/h4-9,12,15-16,26-27H,10-11H2,1-3H3,(H,28,29)(H,23,24,25)/b9-8+. The lowest BCUT2D eigenvalue weighted by Crippen LogP contribution is -2.19. The van der Waals surface area contributed by atoms with Crippen molar-refractivity contribution in [2.45, 2.75) is 44.8 Å². The van der Waals surface area contributed by atoms with Crippen molar-refractivity contribution in [3.05, 3.63) is 47.4 Å². The van der Waals surface area contributed by atoms with Crippen LogP contribution in [0.2, 0.25) is 0 Å². The minimum absolute atomic E-state index is 0.148. The third-order valence-electron chi connectivity index (χ3n) is 4.33. The first-order chi connectivity index (χ1) is 14.9. The van der Waals surface area contributed by atoms with Crippen molar-refractivity contribution in [2.75, 3.05) is 11.0 Å². The molecule has 0 saturated carbocycles. The molecule has 0 bridgehead atoms. The van der Waals surface area contributed by atoms with Crippen LogP contribution in [0.5, 0.6) is 0 Å². The Kier molecular flexibility index (Phi) is 8.42. The summed E-state index contributed by atoms with van der Waals surface area (Å²) in [6.07, 6.45) is 0.779. The van der Waals surface area contributed by atoms with Crippen LogP contribution >= 0.6 is 0 Å². The van der Waals surface area contributed by atoms with E-state index in [4.69, 9.17) is 5.11 Å². The molecule has 0 aliphatic carbocycles. The SMILES string of the molecule is CC(C)c1nc(NS(C)(=O)=O)nc(-c2ccc(F)cc2)c1/C=C/C(O)CC(O)CC(=O)O. The molecule has 1 aromatic heterocycles. The molecule has 0 amide bonds. The van der Waals surface area contributed by atoms with Gasteiger partial charge in [0.2, 0.25) is 16.0 Å². The lowest BCUT2D eigenvalue weighted by atomic mass is 9.97.